The molecule has 0 heterocycles. The van der Waals surface area contributed by atoms with Crippen LogP contribution in [0.3, 0.4) is 0 Å². The molecule has 0 saturated carbocycles. The number of hydrogen-bond acceptors (Lipinski definition) is 5. The number of Topliss-reactive ketones (excluding diaryl/α,β-unsaturated/α-hetero) is 1. The van der Waals surface area contributed by atoms with Gasteiger partial charge in [-0.1, -0.05) is 29.4 Å². The van der Waals surface area contributed by atoms with Gasteiger partial charge in [0.1, 0.15) is 19.5 Å². The molecule has 0 atom stereocenters. The average Bonchev–Trinajstić information content (AvgIpc) is 2.66. The number of benzene rings is 2. The molecule has 0 unspecified atom stereocenters. The monoisotopic (exact) mass is 368 g/mol. The summed E-state index contributed by atoms with van der Waals surface area (Å²) in [6, 6.07) is 11.1. The van der Waals surface area contributed by atoms with E-state index in [2.05, 4.69) is 10.5 Å². The van der Waals surface area contributed by atoms with E-state index in [9.17, 15) is 9.59 Å². The average molecular weight is 368 g/mol. The Morgan fingerprint density at radius 1 is 1.07 bits per heavy atom. The molecule has 2 aromatic carbocycles. The Kier molecular flexibility index (Phi) is 6.71. The standard InChI is InChI=1S/C21H24N2O4/c1-13-11-19(14(2)10-18(13)15(3)24)27-12-16-8-6-7-9-17(16)20(23-26-5)21(25)22-4/h6-11H,12H2,1-5H3,(H,22,25). The predicted molar refractivity (Wildman–Crippen MR) is 104 cm³/mol. The quantitative estimate of drug-likeness (QED) is 0.463. The minimum Gasteiger partial charge on any atom is -0.489 e. The van der Waals surface area contributed by atoms with Crippen LogP contribution in [0.4, 0.5) is 0 Å². The Morgan fingerprint density at radius 3 is 2.41 bits per heavy atom. The number of carbonyl (C=O) groups excluding carboxylic acids is 2. The second-order valence-electron chi connectivity index (χ2n) is 6.14. The fourth-order valence-corrected chi connectivity index (χ4v) is 2.78. The van der Waals surface area contributed by atoms with Crippen molar-refractivity contribution >= 4 is 17.4 Å². The Labute approximate surface area is 159 Å². The summed E-state index contributed by atoms with van der Waals surface area (Å²) < 4.78 is 5.98. The highest BCUT2D eigenvalue weighted by Crippen LogP contribution is 2.25. The molecule has 0 bridgehead atoms. The van der Waals surface area contributed by atoms with Crippen molar-refractivity contribution in [2.45, 2.75) is 27.4 Å². The smallest absolute Gasteiger partial charge is 0.273 e. The topological polar surface area (TPSA) is 77.0 Å². The van der Waals surface area contributed by atoms with Crippen LogP contribution >= 0.6 is 0 Å². The largest absolute Gasteiger partial charge is 0.489 e. The van der Waals surface area contributed by atoms with Crippen LogP contribution in [0.5, 0.6) is 5.75 Å². The fourth-order valence-electron chi connectivity index (χ4n) is 2.78. The number of ether oxygens (including phenoxy) is 1. The van der Waals surface area contributed by atoms with Crippen molar-refractivity contribution in [2.75, 3.05) is 14.2 Å². The van der Waals surface area contributed by atoms with Gasteiger partial charge in [-0.15, -0.1) is 0 Å². The van der Waals surface area contributed by atoms with Gasteiger partial charge in [-0.3, -0.25) is 9.59 Å². The highest BCUT2D eigenvalue weighted by molar-refractivity contribution is 6.45. The third-order valence-electron chi connectivity index (χ3n) is 4.18. The molecule has 6 heteroatoms. The van der Waals surface area contributed by atoms with Crippen molar-refractivity contribution in [3.63, 3.8) is 0 Å². The third-order valence-corrected chi connectivity index (χ3v) is 4.18. The molecule has 0 saturated heterocycles. The molecule has 0 radical (unpaired) electrons. The Morgan fingerprint density at radius 2 is 1.78 bits per heavy atom. The predicted octanol–water partition coefficient (Wildman–Crippen LogP) is 3.18. The summed E-state index contributed by atoms with van der Waals surface area (Å²) in [7, 11) is 2.93. The van der Waals surface area contributed by atoms with E-state index in [4.69, 9.17) is 9.57 Å². The van der Waals surface area contributed by atoms with Crippen LogP contribution in [-0.2, 0) is 16.2 Å². The first kappa shape index (κ1) is 20.2. The molecule has 142 valence electrons. The van der Waals surface area contributed by atoms with Crippen molar-refractivity contribution in [3.05, 3.63) is 64.2 Å². The fraction of sp³-hybridized carbons (Fsp3) is 0.286. The zero-order valence-electron chi connectivity index (χ0n) is 16.3. The number of amides is 1. The summed E-state index contributed by atoms with van der Waals surface area (Å²) in [5, 5.41) is 6.42. The minimum atomic E-state index is -0.345. The van der Waals surface area contributed by atoms with Crippen molar-refractivity contribution in [2.24, 2.45) is 5.16 Å². The van der Waals surface area contributed by atoms with Crippen LogP contribution in [0.25, 0.3) is 0 Å². The maximum atomic E-state index is 12.1. The Balaban J connectivity index is 2.32. The van der Waals surface area contributed by atoms with Crippen LogP contribution < -0.4 is 10.1 Å². The van der Waals surface area contributed by atoms with Gasteiger partial charge in [0, 0.05) is 18.2 Å². The zero-order chi connectivity index (χ0) is 20.0. The van der Waals surface area contributed by atoms with Crippen molar-refractivity contribution in [1.82, 2.24) is 5.32 Å². The maximum Gasteiger partial charge on any atom is 0.273 e. The molecule has 2 aromatic rings. The lowest BCUT2D eigenvalue weighted by molar-refractivity contribution is -0.114. The van der Waals surface area contributed by atoms with Crippen LogP contribution in [0.2, 0.25) is 0 Å². The lowest BCUT2D eigenvalue weighted by Gasteiger charge is -2.15. The van der Waals surface area contributed by atoms with E-state index in [1.165, 1.54) is 14.2 Å². The number of rotatable bonds is 7. The molecule has 0 aliphatic rings. The number of likely N-dealkylation sites (N-methyl/N-ethyl adjacent to an activating group) is 1. The van der Waals surface area contributed by atoms with Gasteiger partial charge in [0.2, 0.25) is 0 Å². The second-order valence-corrected chi connectivity index (χ2v) is 6.14. The molecule has 6 nitrogen and oxygen atoms in total. The van der Waals surface area contributed by atoms with Crippen LogP contribution in [-0.4, -0.2) is 31.6 Å². The first-order valence-corrected chi connectivity index (χ1v) is 8.55. The van der Waals surface area contributed by atoms with Crippen molar-refractivity contribution < 1.29 is 19.2 Å². The lowest BCUT2D eigenvalue weighted by atomic mass is 10.0. The van der Waals surface area contributed by atoms with Gasteiger partial charge >= 0.3 is 0 Å². The molecule has 1 amide bonds. The summed E-state index contributed by atoms with van der Waals surface area (Å²) in [5.41, 5.74) is 4.04. The van der Waals surface area contributed by atoms with Gasteiger partial charge in [-0.05, 0) is 49.6 Å². The van der Waals surface area contributed by atoms with E-state index in [0.29, 0.717) is 16.9 Å². The first-order valence-electron chi connectivity index (χ1n) is 8.55. The third kappa shape index (κ3) is 4.73. The number of nitrogens with zero attached hydrogens (tertiary/aromatic N) is 1. The number of oxime groups is 1. The Bertz CT molecular complexity index is 888. The molecular weight excluding hydrogens is 344 g/mol. The molecule has 0 fully saturated rings. The highest BCUT2D eigenvalue weighted by atomic mass is 16.6. The summed E-state index contributed by atoms with van der Waals surface area (Å²) in [5.74, 6) is 0.373. The molecule has 0 aliphatic heterocycles. The van der Waals surface area contributed by atoms with Gasteiger partial charge in [0.05, 0.1) is 0 Å². The highest BCUT2D eigenvalue weighted by Gasteiger charge is 2.18. The molecule has 27 heavy (non-hydrogen) atoms. The molecule has 0 spiro atoms. The summed E-state index contributed by atoms with van der Waals surface area (Å²) >= 11 is 0. The SMILES string of the molecule is CNC(=O)C(=NOC)c1ccccc1COc1cc(C)c(C(C)=O)cc1C. The first-order chi connectivity index (χ1) is 12.9. The zero-order valence-corrected chi connectivity index (χ0v) is 16.3. The van der Waals surface area contributed by atoms with Gasteiger partial charge in [-0.2, -0.15) is 0 Å². The van der Waals surface area contributed by atoms with Gasteiger partial charge in [-0.25, -0.2) is 0 Å². The number of nitrogens with one attached hydrogen (secondary N) is 1. The number of carbonyl (C=O) groups is 2. The molecule has 1 N–H and O–H groups in total. The van der Waals surface area contributed by atoms with Gasteiger partial charge in [0.15, 0.2) is 11.5 Å². The number of ketones is 1. The molecule has 2 rings (SSSR count). The normalized spacial score (nSPS) is 11.1. The van der Waals surface area contributed by atoms with Crippen LogP contribution in [0.15, 0.2) is 41.6 Å². The Hall–Kier alpha value is -3.15. The van der Waals surface area contributed by atoms with E-state index in [1.54, 1.807) is 13.0 Å². The number of aryl methyl sites for hydroxylation is 2. The molecular formula is C21H24N2O4. The molecule has 0 aromatic heterocycles. The second kappa shape index (κ2) is 8.98. The molecule has 0 aliphatic carbocycles. The van der Waals surface area contributed by atoms with E-state index < -0.39 is 0 Å². The van der Waals surface area contributed by atoms with Crippen LogP contribution in [0.1, 0.15) is 39.5 Å². The van der Waals surface area contributed by atoms with Gasteiger partial charge in [0.25, 0.3) is 5.91 Å². The lowest BCUT2D eigenvalue weighted by Crippen LogP contribution is -2.29. The van der Waals surface area contributed by atoms with E-state index >= 15 is 0 Å². The maximum absolute atomic E-state index is 12.1. The van der Waals surface area contributed by atoms with Crippen LogP contribution in [0, 0.1) is 13.8 Å². The minimum absolute atomic E-state index is 0.0264. The summed E-state index contributed by atoms with van der Waals surface area (Å²) in [6.07, 6.45) is 0. The summed E-state index contributed by atoms with van der Waals surface area (Å²) in [4.78, 5) is 28.6. The van der Waals surface area contributed by atoms with Gasteiger partial charge < -0.3 is 14.9 Å². The van der Waals surface area contributed by atoms with E-state index in [0.717, 1.165) is 16.7 Å². The van der Waals surface area contributed by atoms with Crippen molar-refractivity contribution in [1.29, 1.82) is 0 Å². The summed E-state index contributed by atoms with van der Waals surface area (Å²) in [6.45, 7) is 5.57. The van der Waals surface area contributed by atoms with E-state index in [1.807, 2.05) is 44.2 Å². The van der Waals surface area contributed by atoms with Crippen molar-refractivity contribution in [3.8, 4) is 5.75 Å². The number of hydrogen-bond donors (Lipinski definition) is 1. The van der Waals surface area contributed by atoms with E-state index in [-0.39, 0.29) is 24.0 Å².